The van der Waals surface area contributed by atoms with Crippen molar-refractivity contribution >= 4 is 0 Å². The van der Waals surface area contributed by atoms with E-state index in [-0.39, 0.29) is 6.29 Å². The van der Waals surface area contributed by atoms with Gasteiger partial charge in [0.1, 0.15) is 0 Å². The van der Waals surface area contributed by atoms with Gasteiger partial charge >= 0.3 is 0 Å². The fourth-order valence-electron chi connectivity index (χ4n) is 2.43. The lowest BCUT2D eigenvalue weighted by molar-refractivity contribution is -0.162. The molecular formula is C19H32O2. The van der Waals surface area contributed by atoms with Gasteiger partial charge in [-0.15, -0.1) is 0 Å². The average Bonchev–Trinajstić information content (AvgIpc) is 2.53. The monoisotopic (exact) mass is 292 g/mol. The summed E-state index contributed by atoms with van der Waals surface area (Å²) in [7, 11) is 0. The molecule has 1 unspecified atom stereocenters. The van der Waals surface area contributed by atoms with Crippen LogP contribution in [-0.2, 0) is 9.47 Å². The molecule has 2 nitrogen and oxygen atoms in total. The predicted octanol–water partition coefficient (Wildman–Crippen LogP) is 5.23. The van der Waals surface area contributed by atoms with Gasteiger partial charge in [0.25, 0.3) is 0 Å². The minimum Gasteiger partial charge on any atom is -0.353 e. The third kappa shape index (κ3) is 11.5. The van der Waals surface area contributed by atoms with Gasteiger partial charge in [-0.3, -0.25) is 0 Å². The first-order valence-electron chi connectivity index (χ1n) is 8.80. The lowest BCUT2D eigenvalue weighted by atomic mass is 10.1. The molecule has 120 valence electrons. The molecule has 1 rings (SSSR count). The summed E-state index contributed by atoms with van der Waals surface area (Å²) in [6.45, 7) is 3.82. The second-order valence-corrected chi connectivity index (χ2v) is 5.65. The summed E-state index contributed by atoms with van der Waals surface area (Å²) in [6.07, 6.45) is 17.7. The number of allylic oxidation sites excluding steroid dienone is 2. The predicted molar refractivity (Wildman–Crippen MR) is 89.1 cm³/mol. The summed E-state index contributed by atoms with van der Waals surface area (Å²) < 4.78 is 11.3. The van der Waals surface area contributed by atoms with Crippen molar-refractivity contribution < 1.29 is 9.47 Å². The van der Waals surface area contributed by atoms with Gasteiger partial charge in [-0.05, 0) is 44.6 Å². The average molecular weight is 292 g/mol. The summed E-state index contributed by atoms with van der Waals surface area (Å²) in [5, 5.41) is 0. The Balaban J connectivity index is 1.77. The Morgan fingerprint density at radius 1 is 1.10 bits per heavy atom. The van der Waals surface area contributed by atoms with Crippen LogP contribution in [0.1, 0.15) is 77.6 Å². The Kier molecular flexibility index (Phi) is 12.3. The van der Waals surface area contributed by atoms with Crippen LogP contribution in [0, 0.1) is 11.8 Å². The molecule has 1 atom stereocenters. The molecule has 0 aliphatic carbocycles. The first-order chi connectivity index (χ1) is 10.4. The van der Waals surface area contributed by atoms with Crippen LogP contribution in [0.15, 0.2) is 12.2 Å². The zero-order valence-electron chi connectivity index (χ0n) is 13.7. The summed E-state index contributed by atoms with van der Waals surface area (Å²) in [5.41, 5.74) is 0. The van der Waals surface area contributed by atoms with Crippen molar-refractivity contribution in [3.63, 3.8) is 0 Å². The van der Waals surface area contributed by atoms with E-state index in [2.05, 4.69) is 24.8 Å². The molecule has 0 N–H and O–H groups in total. The van der Waals surface area contributed by atoms with Crippen LogP contribution in [0.4, 0.5) is 0 Å². The summed E-state index contributed by atoms with van der Waals surface area (Å²) in [6, 6.07) is 0. The molecule has 0 aromatic heterocycles. The molecule has 0 saturated carbocycles. The van der Waals surface area contributed by atoms with Gasteiger partial charge in [-0.25, -0.2) is 0 Å². The van der Waals surface area contributed by atoms with Crippen LogP contribution in [0.3, 0.4) is 0 Å². The summed E-state index contributed by atoms with van der Waals surface area (Å²) in [5.74, 6) is 6.08. The zero-order chi connectivity index (χ0) is 15.0. The van der Waals surface area contributed by atoms with E-state index in [1.807, 2.05) is 6.08 Å². The number of unbranched alkanes of at least 4 members (excludes halogenated alkanes) is 6. The molecule has 0 amide bonds. The molecule has 1 saturated heterocycles. The van der Waals surface area contributed by atoms with Crippen molar-refractivity contribution in [2.45, 2.75) is 83.8 Å². The highest BCUT2D eigenvalue weighted by Gasteiger charge is 2.13. The first-order valence-corrected chi connectivity index (χ1v) is 8.80. The van der Waals surface area contributed by atoms with E-state index in [9.17, 15) is 0 Å². The fraction of sp³-hybridized carbons (Fsp3) is 0.789. The Morgan fingerprint density at radius 3 is 2.67 bits per heavy atom. The lowest BCUT2D eigenvalue weighted by Gasteiger charge is -2.22. The SMILES string of the molecule is CCC#CC=CCCCCCCCCOC1CCCCO1. The van der Waals surface area contributed by atoms with E-state index >= 15 is 0 Å². The molecule has 1 aliphatic rings. The third-order valence-corrected chi connectivity index (χ3v) is 3.69. The smallest absolute Gasteiger partial charge is 0.157 e. The molecule has 0 bridgehead atoms. The largest absolute Gasteiger partial charge is 0.353 e. The molecular weight excluding hydrogens is 260 g/mol. The van der Waals surface area contributed by atoms with Gasteiger partial charge < -0.3 is 9.47 Å². The van der Waals surface area contributed by atoms with Crippen molar-refractivity contribution in [1.82, 2.24) is 0 Å². The Labute approximate surface area is 131 Å². The molecule has 1 heterocycles. The second-order valence-electron chi connectivity index (χ2n) is 5.65. The minimum absolute atomic E-state index is 0.0846. The quantitative estimate of drug-likeness (QED) is 0.405. The van der Waals surface area contributed by atoms with Crippen LogP contribution >= 0.6 is 0 Å². The minimum atomic E-state index is 0.0846. The number of rotatable bonds is 10. The standard InChI is InChI=1S/C19H32O2/c1-2-3-4-5-6-7-8-9-10-11-12-14-17-20-19-16-13-15-18-21-19/h5-6,19H,2,7-18H2,1H3. The van der Waals surface area contributed by atoms with E-state index in [0.29, 0.717) is 0 Å². The fourth-order valence-corrected chi connectivity index (χ4v) is 2.43. The van der Waals surface area contributed by atoms with E-state index in [4.69, 9.17) is 9.47 Å². The highest BCUT2D eigenvalue weighted by Crippen LogP contribution is 2.14. The van der Waals surface area contributed by atoms with Crippen molar-refractivity contribution in [2.24, 2.45) is 0 Å². The normalized spacial score (nSPS) is 18.6. The molecule has 0 aromatic carbocycles. The van der Waals surface area contributed by atoms with Crippen LogP contribution in [-0.4, -0.2) is 19.5 Å². The molecule has 1 fully saturated rings. The highest BCUT2D eigenvalue weighted by molar-refractivity contribution is 5.14. The van der Waals surface area contributed by atoms with E-state index in [1.54, 1.807) is 0 Å². The lowest BCUT2D eigenvalue weighted by Crippen LogP contribution is -2.22. The molecule has 21 heavy (non-hydrogen) atoms. The van der Waals surface area contributed by atoms with Crippen LogP contribution < -0.4 is 0 Å². The van der Waals surface area contributed by atoms with Crippen LogP contribution in [0.25, 0.3) is 0 Å². The Morgan fingerprint density at radius 2 is 1.90 bits per heavy atom. The molecule has 0 aromatic rings. The van der Waals surface area contributed by atoms with Crippen molar-refractivity contribution in [2.75, 3.05) is 13.2 Å². The van der Waals surface area contributed by atoms with Crippen molar-refractivity contribution in [3.05, 3.63) is 12.2 Å². The zero-order valence-corrected chi connectivity index (χ0v) is 13.7. The second kappa shape index (κ2) is 14.2. The maximum Gasteiger partial charge on any atom is 0.157 e. The van der Waals surface area contributed by atoms with Crippen molar-refractivity contribution in [1.29, 1.82) is 0 Å². The van der Waals surface area contributed by atoms with Crippen molar-refractivity contribution in [3.8, 4) is 11.8 Å². The third-order valence-electron chi connectivity index (χ3n) is 3.69. The van der Waals surface area contributed by atoms with Gasteiger partial charge in [-0.2, -0.15) is 0 Å². The van der Waals surface area contributed by atoms with Gasteiger partial charge in [0, 0.05) is 19.6 Å². The highest BCUT2D eigenvalue weighted by atomic mass is 16.7. The maximum absolute atomic E-state index is 5.73. The van der Waals surface area contributed by atoms with Crippen LogP contribution in [0.5, 0.6) is 0 Å². The first kappa shape index (κ1) is 18.3. The van der Waals surface area contributed by atoms with Crippen LogP contribution in [0.2, 0.25) is 0 Å². The number of ether oxygens (including phenoxy) is 2. The Bertz CT molecular complexity index is 305. The molecule has 0 spiro atoms. The maximum atomic E-state index is 5.73. The topological polar surface area (TPSA) is 18.5 Å². The van der Waals surface area contributed by atoms with Gasteiger partial charge in [0.05, 0.1) is 0 Å². The van der Waals surface area contributed by atoms with E-state index in [1.165, 1.54) is 57.8 Å². The molecule has 1 aliphatic heterocycles. The van der Waals surface area contributed by atoms with Gasteiger partial charge in [0.2, 0.25) is 0 Å². The summed E-state index contributed by atoms with van der Waals surface area (Å²) in [4.78, 5) is 0. The Hall–Kier alpha value is -0.780. The van der Waals surface area contributed by atoms with E-state index < -0.39 is 0 Å². The number of hydrogen-bond donors (Lipinski definition) is 0. The van der Waals surface area contributed by atoms with Gasteiger partial charge in [0.15, 0.2) is 6.29 Å². The number of hydrogen-bond acceptors (Lipinski definition) is 2. The molecule has 0 radical (unpaired) electrons. The van der Waals surface area contributed by atoms with E-state index in [0.717, 1.165) is 26.1 Å². The summed E-state index contributed by atoms with van der Waals surface area (Å²) >= 11 is 0. The van der Waals surface area contributed by atoms with Gasteiger partial charge in [-0.1, -0.05) is 50.5 Å². The molecule has 2 heteroatoms.